The number of aromatic nitrogens is 2. The van der Waals surface area contributed by atoms with E-state index in [-0.39, 0.29) is 0 Å². The highest BCUT2D eigenvalue weighted by Crippen LogP contribution is 2.58. The zero-order chi connectivity index (χ0) is 36.0. The van der Waals surface area contributed by atoms with Crippen LogP contribution in [0.25, 0.3) is 116 Å². The molecule has 1 aliphatic rings. The van der Waals surface area contributed by atoms with Gasteiger partial charge in [0, 0.05) is 28.0 Å². The van der Waals surface area contributed by atoms with Crippen LogP contribution in [-0.4, -0.2) is 9.55 Å². The first-order valence-corrected chi connectivity index (χ1v) is 19.0. The molecule has 2 aromatic heterocycles. The monoisotopic (exact) mass is 696 g/mol. The molecule has 2 heterocycles. The lowest BCUT2D eigenvalue weighted by molar-refractivity contribution is 1.18. The van der Waals surface area contributed by atoms with Crippen molar-refractivity contribution in [1.29, 1.82) is 0 Å². The smallest absolute Gasteiger partial charge is 0.0948 e. The maximum absolute atomic E-state index is 4.88. The summed E-state index contributed by atoms with van der Waals surface area (Å²) in [6.07, 6.45) is 1.90. The Hall–Kier alpha value is -7.29. The Balaban J connectivity index is 1.09. The van der Waals surface area contributed by atoms with Crippen LogP contribution in [0.3, 0.4) is 0 Å². The molecule has 0 saturated heterocycles. The number of pyridine rings is 1. The average Bonchev–Trinajstić information content (AvgIpc) is 3.78. The first-order chi connectivity index (χ1) is 27.3. The van der Waals surface area contributed by atoms with Crippen molar-refractivity contribution in [3.63, 3.8) is 0 Å². The van der Waals surface area contributed by atoms with Crippen molar-refractivity contribution in [1.82, 2.24) is 9.55 Å². The zero-order valence-electron chi connectivity index (χ0n) is 29.9. The van der Waals surface area contributed by atoms with Crippen molar-refractivity contribution < 1.29 is 0 Å². The van der Waals surface area contributed by atoms with E-state index in [2.05, 4.69) is 187 Å². The standard InChI is InChI=1S/C53H32N2/c1-3-13-34(14-4-1)47-41-19-7-8-20-42(41)48(35-15-5-2-6-16-35)51-45-31-30-38(40-21-11-22-44(49(40)45)50(47)51)33-24-27-37(28-25-33)55-46-23-10-9-18-39(46)43-29-26-36-17-12-32-54-52(36)53(43)55/h1-32H. The van der Waals surface area contributed by atoms with Crippen molar-refractivity contribution in [2.45, 2.75) is 0 Å². The van der Waals surface area contributed by atoms with E-state index in [1.54, 1.807) is 0 Å². The van der Waals surface area contributed by atoms with Gasteiger partial charge in [-0.15, -0.1) is 0 Å². The third kappa shape index (κ3) is 4.28. The van der Waals surface area contributed by atoms with Crippen LogP contribution < -0.4 is 0 Å². The second kappa shape index (κ2) is 11.6. The topological polar surface area (TPSA) is 17.8 Å². The van der Waals surface area contributed by atoms with Gasteiger partial charge in [0.25, 0.3) is 0 Å². The second-order valence-corrected chi connectivity index (χ2v) is 14.6. The number of hydrogen-bond donors (Lipinski definition) is 0. The molecule has 0 unspecified atom stereocenters. The van der Waals surface area contributed by atoms with Gasteiger partial charge in [-0.2, -0.15) is 0 Å². The third-order valence-corrected chi connectivity index (χ3v) is 11.8. The summed E-state index contributed by atoms with van der Waals surface area (Å²) in [5.41, 5.74) is 17.2. The number of rotatable bonds is 4. The van der Waals surface area contributed by atoms with Crippen molar-refractivity contribution in [2.24, 2.45) is 0 Å². The third-order valence-electron chi connectivity index (χ3n) is 11.8. The van der Waals surface area contributed by atoms with Gasteiger partial charge in [-0.3, -0.25) is 4.98 Å². The molecule has 2 nitrogen and oxygen atoms in total. The predicted octanol–water partition coefficient (Wildman–Crippen LogP) is 14.3. The fourth-order valence-electron chi connectivity index (χ4n) is 9.51. The molecule has 9 aromatic carbocycles. The van der Waals surface area contributed by atoms with Crippen LogP contribution in [0.2, 0.25) is 0 Å². The van der Waals surface area contributed by atoms with Gasteiger partial charge in [-0.25, -0.2) is 0 Å². The predicted molar refractivity (Wildman–Crippen MR) is 232 cm³/mol. The molecule has 1 aliphatic carbocycles. The number of benzene rings is 9. The van der Waals surface area contributed by atoms with E-state index in [9.17, 15) is 0 Å². The Bertz CT molecular complexity index is 3250. The summed E-state index contributed by atoms with van der Waals surface area (Å²) >= 11 is 0. The lowest BCUT2D eigenvalue weighted by Crippen LogP contribution is -1.95. The summed E-state index contributed by atoms with van der Waals surface area (Å²) in [4.78, 5) is 4.88. The molecule has 0 amide bonds. The first-order valence-electron chi connectivity index (χ1n) is 19.0. The van der Waals surface area contributed by atoms with E-state index in [1.807, 2.05) is 12.3 Å². The first kappa shape index (κ1) is 30.2. The number of fused-ring (bicyclic) bond motifs is 9. The summed E-state index contributed by atoms with van der Waals surface area (Å²) in [6, 6.07) is 68.9. The van der Waals surface area contributed by atoms with Gasteiger partial charge < -0.3 is 4.57 Å². The molecule has 0 radical (unpaired) electrons. The highest BCUT2D eigenvalue weighted by atomic mass is 15.0. The molecule has 12 rings (SSSR count). The van der Waals surface area contributed by atoms with Crippen LogP contribution in [0.4, 0.5) is 0 Å². The Morgan fingerprint density at radius 2 is 0.945 bits per heavy atom. The quantitative estimate of drug-likeness (QED) is 0.179. The van der Waals surface area contributed by atoms with Gasteiger partial charge in [-0.1, -0.05) is 164 Å². The molecule has 0 aliphatic heterocycles. The summed E-state index contributed by atoms with van der Waals surface area (Å²) in [7, 11) is 0. The van der Waals surface area contributed by atoms with E-state index in [1.165, 1.54) is 93.5 Å². The fourth-order valence-corrected chi connectivity index (χ4v) is 9.51. The number of nitrogens with zero attached hydrogens (tertiary/aromatic N) is 2. The van der Waals surface area contributed by atoms with E-state index in [4.69, 9.17) is 4.98 Å². The molecular formula is C53H32N2. The highest BCUT2D eigenvalue weighted by Gasteiger charge is 2.31. The van der Waals surface area contributed by atoms with Crippen LogP contribution >= 0.6 is 0 Å². The van der Waals surface area contributed by atoms with Gasteiger partial charge >= 0.3 is 0 Å². The molecule has 0 N–H and O–H groups in total. The maximum Gasteiger partial charge on any atom is 0.0948 e. The molecule has 0 atom stereocenters. The Morgan fingerprint density at radius 3 is 1.65 bits per heavy atom. The van der Waals surface area contributed by atoms with Crippen molar-refractivity contribution in [3.05, 3.63) is 194 Å². The number of hydrogen-bond acceptors (Lipinski definition) is 1. The Labute approximate surface area is 318 Å². The Kier molecular flexibility index (Phi) is 6.37. The maximum atomic E-state index is 4.88. The van der Waals surface area contributed by atoms with Gasteiger partial charge in [0.15, 0.2) is 0 Å². The largest absolute Gasteiger partial charge is 0.307 e. The SMILES string of the molecule is c1ccc(-c2c3c(c(-c4ccccc4)c4ccccc24)-c2ccc(-c4ccc(-n5c6ccccc6c6ccc7cccnc7c65)cc4)c4cccc-3c24)cc1. The molecule has 0 saturated carbocycles. The normalized spacial score (nSPS) is 12.0. The lowest BCUT2D eigenvalue weighted by atomic mass is 9.82. The summed E-state index contributed by atoms with van der Waals surface area (Å²) in [5, 5.41) is 8.74. The van der Waals surface area contributed by atoms with Crippen molar-refractivity contribution >= 4 is 54.3 Å². The zero-order valence-corrected chi connectivity index (χ0v) is 29.9. The van der Waals surface area contributed by atoms with Gasteiger partial charge in [0.1, 0.15) is 0 Å². The molecule has 0 spiro atoms. The van der Waals surface area contributed by atoms with Crippen LogP contribution in [-0.2, 0) is 0 Å². The summed E-state index contributed by atoms with van der Waals surface area (Å²) in [6.45, 7) is 0. The molecule has 55 heavy (non-hydrogen) atoms. The molecule has 0 bridgehead atoms. The van der Waals surface area contributed by atoms with Crippen LogP contribution in [0.15, 0.2) is 194 Å². The van der Waals surface area contributed by atoms with Crippen LogP contribution in [0, 0.1) is 0 Å². The highest BCUT2D eigenvalue weighted by molar-refractivity contribution is 6.29. The minimum Gasteiger partial charge on any atom is -0.307 e. The van der Waals surface area contributed by atoms with Gasteiger partial charge in [0.2, 0.25) is 0 Å². The minimum atomic E-state index is 1.02. The fraction of sp³-hybridized carbons (Fsp3) is 0. The molecule has 11 aromatic rings. The molecule has 0 fully saturated rings. The van der Waals surface area contributed by atoms with E-state index < -0.39 is 0 Å². The van der Waals surface area contributed by atoms with Crippen molar-refractivity contribution in [3.8, 4) is 61.3 Å². The van der Waals surface area contributed by atoms with E-state index in [0.29, 0.717) is 0 Å². The van der Waals surface area contributed by atoms with Crippen LogP contribution in [0.5, 0.6) is 0 Å². The molecule has 254 valence electrons. The minimum absolute atomic E-state index is 1.02. The van der Waals surface area contributed by atoms with E-state index in [0.717, 1.165) is 22.1 Å². The van der Waals surface area contributed by atoms with Crippen molar-refractivity contribution in [2.75, 3.05) is 0 Å². The average molecular weight is 697 g/mol. The molecule has 2 heteroatoms. The second-order valence-electron chi connectivity index (χ2n) is 14.6. The van der Waals surface area contributed by atoms with Gasteiger partial charge in [-0.05, 0) is 101 Å². The van der Waals surface area contributed by atoms with Crippen LogP contribution in [0.1, 0.15) is 0 Å². The summed E-state index contributed by atoms with van der Waals surface area (Å²) < 4.78 is 2.38. The Morgan fingerprint density at radius 1 is 0.345 bits per heavy atom. The van der Waals surface area contributed by atoms with E-state index >= 15 is 0 Å². The van der Waals surface area contributed by atoms with Gasteiger partial charge in [0.05, 0.1) is 16.6 Å². The summed E-state index contributed by atoms with van der Waals surface area (Å²) in [5.74, 6) is 0. The lowest BCUT2D eigenvalue weighted by Gasteiger charge is -2.20. The molecular weight excluding hydrogens is 665 g/mol. The number of para-hydroxylation sites is 1.